The van der Waals surface area contributed by atoms with Gasteiger partial charge in [-0.1, -0.05) is 0 Å². The van der Waals surface area contributed by atoms with Crippen LogP contribution in [-0.2, 0) is 13.0 Å². The van der Waals surface area contributed by atoms with Crippen LogP contribution in [0.2, 0.25) is 0 Å². The summed E-state index contributed by atoms with van der Waals surface area (Å²) in [7, 11) is 0. The highest BCUT2D eigenvalue weighted by Crippen LogP contribution is 2.24. The Morgan fingerprint density at radius 2 is 2.43 bits per heavy atom. The zero-order chi connectivity index (χ0) is 14.7. The first kappa shape index (κ1) is 14.2. The summed E-state index contributed by atoms with van der Waals surface area (Å²) in [5.41, 5.74) is 1.79. The molecule has 3 rings (SSSR count). The minimum Gasteiger partial charge on any atom is -0.349 e. The Morgan fingerprint density at radius 3 is 3.24 bits per heavy atom. The first-order valence-corrected chi connectivity index (χ1v) is 7.95. The van der Waals surface area contributed by atoms with Gasteiger partial charge in [0.2, 0.25) is 0 Å². The van der Waals surface area contributed by atoms with E-state index in [9.17, 15) is 4.79 Å². The van der Waals surface area contributed by atoms with Crippen LogP contribution >= 0.6 is 11.3 Å². The lowest BCUT2D eigenvalue weighted by Gasteiger charge is -2.32. The number of aromatic nitrogens is 2. The molecule has 1 amide bonds. The third-order valence-electron chi connectivity index (χ3n) is 3.81. The van der Waals surface area contributed by atoms with Crippen LogP contribution in [0.15, 0.2) is 30.0 Å². The number of hydrogen-bond acceptors (Lipinski definition) is 5. The molecule has 2 aromatic rings. The zero-order valence-corrected chi connectivity index (χ0v) is 12.8. The van der Waals surface area contributed by atoms with Crippen LogP contribution in [0.4, 0.5) is 0 Å². The summed E-state index contributed by atoms with van der Waals surface area (Å²) in [6.07, 6.45) is 5.68. The van der Waals surface area contributed by atoms with E-state index in [0.717, 1.165) is 19.5 Å². The van der Waals surface area contributed by atoms with Crippen molar-refractivity contribution in [1.29, 1.82) is 0 Å². The predicted octanol–water partition coefficient (Wildman–Crippen LogP) is 1.71. The van der Waals surface area contributed by atoms with Crippen LogP contribution in [0, 0.1) is 0 Å². The van der Waals surface area contributed by atoms with Crippen LogP contribution < -0.4 is 5.32 Å². The van der Waals surface area contributed by atoms with Gasteiger partial charge >= 0.3 is 0 Å². The second kappa shape index (κ2) is 6.32. The smallest absolute Gasteiger partial charge is 0.271 e. The molecule has 2 aromatic heterocycles. The summed E-state index contributed by atoms with van der Waals surface area (Å²) in [5, 5.41) is 5.09. The fraction of sp³-hybridized carbons (Fsp3) is 0.400. The Balaban J connectivity index is 1.53. The fourth-order valence-corrected chi connectivity index (χ4v) is 3.41. The highest BCUT2D eigenvalue weighted by Gasteiger charge is 2.21. The van der Waals surface area contributed by atoms with Crippen molar-refractivity contribution in [2.75, 3.05) is 13.1 Å². The van der Waals surface area contributed by atoms with Crippen molar-refractivity contribution in [3.8, 4) is 0 Å². The summed E-state index contributed by atoms with van der Waals surface area (Å²) < 4.78 is 0. The number of fused-ring (bicyclic) bond motifs is 1. The minimum atomic E-state index is -0.164. The average Bonchev–Trinajstić information content (AvgIpc) is 3.00. The van der Waals surface area contributed by atoms with Crippen molar-refractivity contribution in [3.63, 3.8) is 0 Å². The molecular weight excluding hydrogens is 284 g/mol. The molecule has 110 valence electrons. The maximum Gasteiger partial charge on any atom is 0.271 e. The molecule has 0 aliphatic carbocycles. The molecule has 1 aliphatic rings. The maximum absolute atomic E-state index is 12.0. The number of carbonyl (C=O) groups is 1. The van der Waals surface area contributed by atoms with Crippen molar-refractivity contribution >= 4 is 17.2 Å². The topological polar surface area (TPSA) is 58.1 Å². The average molecular weight is 302 g/mol. The Bertz CT molecular complexity index is 613. The monoisotopic (exact) mass is 302 g/mol. The summed E-state index contributed by atoms with van der Waals surface area (Å²) in [6.45, 7) is 4.79. The molecule has 1 aliphatic heterocycles. The van der Waals surface area contributed by atoms with Gasteiger partial charge in [0.25, 0.3) is 5.91 Å². The van der Waals surface area contributed by atoms with E-state index in [4.69, 9.17) is 0 Å². The van der Waals surface area contributed by atoms with E-state index in [1.807, 2.05) is 11.3 Å². The van der Waals surface area contributed by atoms with E-state index in [-0.39, 0.29) is 5.91 Å². The minimum absolute atomic E-state index is 0.164. The van der Waals surface area contributed by atoms with Gasteiger partial charge in [-0.25, -0.2) is 4.98 Å². The Hall–Kier alpha value is -1.79. The van der Waals surface area contributed by atoms with Crippen LogP contribution in [0.5, 0.6) is 0 Å². The Morgan fingerprint density at radius 1 is 1.52 bits per heavy atom. The lowest BCUT2D eigenvalue weighted by atomic mass is 10.1. The number of carbonyl (C=O) groups excluding carboxylic acids is 1. The standard InChI is InChI=1S/C15H18N4OS/c1-11(8-18-15(20)13-9-16-4-5-17-13)19-6-2-14-12(10-19)3-7-21-14/h3-5,7,9,11H,2,6,8,10H2,1H3,(H,18,20). The van der Waals surface area contributed by atoms with Gasteiger partial charge in [0.1, 0.15) is 5.69 Å². The van der Waals surface area contributed by atoms with Gasteiger partial charge in [0.15, 0.2) is 0 Å². The predicted molar refractivity (Wildman–Crippen MR) is 82.3 cm³/mol. The van der Waals surface area contributed by atoms with Gasteiger partial charge in [-0.05, 0) is 30.4 Å². The van der Waals surface area contributed by atoms with Crippen LogP contribution in [0.25, 0.3) is 0 Å². The number of rotatable bonds is 4. The molecule has 0 radical (unpaired) electrons. The number of nitrogens with zero attached hydrogens (tertiary/aromatic N) is 3. The molecule has 6 heteroatoms. The summed E-state index contributed by atoms with van der Waals surface area (Å²) in [5.74, 6) is -0.164. The summed E-state index contributed by atoms with van der Waals surface area (Å²) in [4.78, 5) is 23.8. The molecule has 0 spiro atoms. The normalized spacial score (nSPS) is 16.2. The third-order valence-corrected chi connectivity index (χ3v) is 4.84. The number of hydrogen-bond donors (Lipinski definition) is 1. The van der Waals surface area contributed by atoms with E-state index >= 15 is 0 Å². The highest BCUT2D eigenvalue weighted by molar-refractivity contribution is 7.10. The second-order valence-corrected chi connectivity index (χ2v) is 6.24. The van der Waals surface area contributed by atoms with Gasteiger partial charge in [-0.3, -0.25) is 14.7 Å². The zero-order valence-electron chi connectivity index (χ0n) is 12.0. The number of nitrogens with one attached hydrogen (secondary N) is 1. The second-order valence-electron chi connectivity index (χ2n) is 5.24. The van der Waals surface area contributed by atoms with Gasteiger partial charge in [0, 0.05) is 42.9 Å². The molecule has 0 saturated carbocycles. The molecule has 0 bridgehead atoms. The van der Waals surface area contributed by atoms with Gasteiger partial charge < -0.3 is 5.32 Å². The molecule has 21 heavy (non-hydrogen) atoms. The first-order valence-electron chi connectivity index (χ1n) is 7.07. The van der Waals surface area contributed by atoms with Crippen LogP contribution in [-0.4, -0.2) is 39.9 Å². The summed E-state index contributed by atoms with van der Waals surface area (Å²) >= 11 is 1.84. The molecule has 0 fully saturated rings. The summed E-state index contributed by atoms with van der Waals surface area (Å²) in [6, 6.07) is 2.51. The van der Waals surface area contributed by atoms with Crippen LogP contribution in [0.1, 0.15) is 27.9 Å². The maximum atomic E-state index is 12.0. The molecule has 0 saturated heterocycles. The van der Waals surface area contributed by atoms with E-state index in [1.165, 1.54) is 22.8 Å². The molecule has 1 atom stereocenters. The largest absolute Gasteiger partial charge is 0.349 e. The van der Waals surface area contributed by atoms with Crippen molar-refractivity contribution < 1.29 is 4.79 Å². The van der Waals surface area contributed by atoms with Gasteiger partial charge in [-0.15, -0.1) is 11.3 Å². The highest BCUT2D eigenvalue weighted by atomic mass is 32.1. The number of amides is 1. The van der Waals surface area contributed by atoms with Gasteiger partial charge in [-0.2, -0.15) is 0 Å². The molecular formula is C15H18N4OS. The van der Waals surface area contributed by atoms with Crippen molar-refractivity contribution in [1.82, 2.24) is 20.2 Å². The number of thiophene rings is 1. The van der Waals surface area contributed by atoms with Crippen molar-refractivity contribution in [2.45, 2.75) is 25.9 Å². The van der Waals surface area contributed by atoms with Crippen LogP contribution in [0.3, 0.4) is 0 Å². The SMILES string of the molecule is CC(CNC(=O)c1cnccn1)N1CCc2sccc2C1. The Kier molecular flexibility index (Phi) is 4.26. The lowest BCUT2D eigenvalue weighted by Crippen LogP contribution is -2.44. The van der Waals surface area contributed by atoms with E-state index in [0.29, 0.717) is 18.3 Å². The molecule has 5 nitrogen and oxygen atoms in total. The molecule has 3 heterocycles. The molecule has 1 unspecified atom stereocenters. The first-order chi connectivity index (χ1) is 10.2. The van der Waals surface area contributed by atoms with E-state index in [2.05, 4.69) is 38.6 Å². The van der Waals surface area contributed by atoms with Gasteiger partial charge in [0.05, 0.1) is 6.20 Å². The molecule has 1 N–H and O–H groups in total. The van der Waals surface area contributed by atoms with Crippen molar-refractivity contribution in [3.05, 3.63) is 46.2 Å². The van der Waals surface area contributed by atoms with E-state index < -0.39 is 0 Å². The lowest BCUT2D eigenvalue weighted by molar-refractivity contribution is 0.0927. The van der Waals surface area contributed by atoms with E-state index in [1.54, 1.807) is 6.20 Å². The van der Waals surface area contributed by atoms with Crippen molar-refractivity contribution in [2.24, 2.45) is 0 Å². The fourth-order valence-electron chi connectivity index (χ4n) is 2.52. The molecule has 0 aromatic carbocycles. The quantitative estimate of drug-likeness (QED) is 0.934. The third kappa shape index (κ3) is 3.28. The Labute approximate surface area is 128 Å².